The van der Waals surface area contributed by atoms with Gasteiger partial charge in [-0.2, -0.15) is 0 Å². The fraction of sp³-hybridized carbons (Fsp3) is 0.500. The number of benzene rings is 1. The van der Waals surface area contributed by atoms with E-state index in [4.69, 9.17) is 10.5 Å². The lowest BCUT2D eigenvalue weighted by atomic mass is 10.1. The number of rotatable bonds is 7. The first-order valence-electron chi connectivity index (χ1n) is 6.36. The zero-order chi connectivity index (χ0) is 14.3. The fourth-order valence-electron chi connectivity index (χ4n) is 1.70. The van der Waals surface area contributed by atoms with Gasteiger partial charge in [0.15, 0.2) is 0 Å². The van der Waals surface area contributed by atoms with Gasteiger partial charge >= 0.3 is 0 Å². The van der Waals surface area contributed by atoms with Crippen molar-refractivity contribution >= 4 is 11.6 Å². The first-order chi connectivity index (χ1) is 9.04. The van der Waals surface area contributed by atoms with Crippen LogP contribution in [0.3, 0.4) is 0 Å². The lowest BCUT2D eigenvalue weighted by molar-refractivity contribution is 0.0948. The van der Waals surface area contributed by atoms with E-state index in [9.17, 15) is 4.79 Å². The van der Waals surface area contributed by atoms with Crippen LogP contribution in [0, 0.1) is 6.92 Å². The molecule has 1 aromatic carbocycles. The van der Waals surface area contributed by atoms with E-state index in [0.717, 1.165) is 18.7 Å². The molecule has 3 N–H and O–H groups in total. The third kappa shape index (κ3) is 5.28. The highest BCUT2D eigenvalue weighted by Gasteiger charge is 2.09. The molecule has 5 nitrogen and oxygen atoms in total. The Bertz CT molecular complexity index is 421. The zero-order valence-corrected chi connectivity index (χ0v) is 11.9. The molecule has 1 aromatic rings. The van der Waals surface area contributed by atoms with E-state index in [0.29, 0.717) is 24.4 Å². The van der Waals surface area contributed by atoms with Crippen LogP contribution in [-0.2, 0) is 4.74 Å². The number of nitrogens with two attached hydrogens (primary N) is 1. The Morgan fingerprint density at radius 2 is 2.16 bits per heavy atom. The predicted octanol–water partition coefficient (Wildman–Crippen LogP) is 0.885. The number of nitrogen functional groups attached to an aromatic ring is 1. The van der Waals surface area contributed by atoms with Crippen LogP contribution >= 0.6 is 0 Å². The van der Waals surface area contributed by atoms with E-state index >= 15 is 0 Å². The largest absolute Gasteiger partial charge is 0.398 e. The van der Waals surface area contributed by atoms with Gasteiger partial charge in [0.25, 0.3) is 5.91 Å². The maximum absolute atomic E-state index is 11.9. The molecule has 0 fully saturated rings. The second-order valence-electron chi connectivity index (χ2n) is 4.64. The molecule has 0 saturated heterocycles. The summed E-state index contributed by atoms with van der Waals surface area (Å²) in [6.07, 6.45) is 0. The van der Waals surface area contributed by atoms with Crippen LogP contribution in [0.2, 0.25) is 0 Å². The molecule has 0 atom stereocenters. The minimum absolute atomic E-state index is 0.127. The van der Waals surface area contributed by atoms with Gasteiger partial charge in [-0.15, -0.1) is 0 Å². The molecule has 0 radical (unpaired) electrons. The number of hydrogen-bond donors (Lipinski definition) is 2. The van der Waals surface area contributed by atoms with Crippen LogP contribution in [-0.4, -0.2) is 51.2 Å². The minimum atomic E-state index is -0.127. The number of carbonyl (C=O) groups excluding carboxylic acids is 1. The molecule has 106 valence electrons. The SMILES string of the molecule is COCCN(C)CCNC(=O)c1ccc(C)cc1N. The molecule has 0 unspecified atom stereocenters. The van der Waals surface area contributed by atoms with E-state index in [1.807, 2.05) is 20.0 Å². The number of anilines is 1. The smallest absolute Gasteiger partial charge is 0.253 e. The summed E-state index contributed by atoms with van der Waals surface area (Å²) in [5.41, 5.74) is 7.93. The zero-order valence-electron chi connectivity index (χ0n) is 11.9. The quantitative estimate of drug-likeness (QED) is 0.718. The third-order valence-electron chi connectivity index (χ3n) is 2.91. The van der Waals surface area contributed by atoms with Gasteiger partial charge in [0.2, 0.25) is 0 Å². The summed E-state index contributed by atoms with van der Waals surface area (Å²) in [6.45, 7) is 4.85. The van der Waals surface area contributed by atoms with Gasteiger partial charge in [0.05, 0.1) is 12.2 Å². The Morgan fingerprint density at radius 1 is 1.42 bits per heavy atom. The second kappa shape index (κ2) is 7.76. The molecule has 19 heavy (non-hydrogen) atoms. The highest BCUT2D eigenvalue weighted by atomic mass is 16.5. The Balaban J connectivity index is 2.39. The lowest BCUT2D eigenvalue weighted by Gasteiger charge is -2.16. The molecule has 0 heterocycles. The first kappa shape index (κ1) is 15.5. The topological polar surface area (TPSA) is 67.6 Å². The number of likely N-dealkylation sites (N-methyl/N-ethyl adjacent to an activating group) is 1. The maximum atomic E-state index is 11.9. The van der Waals surface area contributed by atoms with E-state index in [1.54, 1.807) is 19.2 Å². The highest BCUT2D eigenvalue weighted by Crippen LogP contribution is 2.13. The Hall–Kier alpha value is -1.59. The molecule has 1 rings (SSSR count). The molecule has 0 bridgehead atoms. The van der Waals surface area contributed by atoms with Crippen molar-refractivity contribution in [2.24, 2.45) is 0 Å². The first-order valence-corrected chi connectivity index (χ1v) is 6.36. The van der Waals surface area contributed by atoms with Crippen LogP contribution in [0.5, 0.6) is 0 Å². The highest BCUT2D eigenvalue weighted by molar-refractivity contribution is 5.99. The summed E-state index contributed by atoms with van der Waals surface area (Å²) < 4.78 is 4.99. The number of nitrogens with zero attached hydrogens (tertiary/aromatic N) is 1. The van der Waals surface area contributed by atoms with Gasteiger partial charge in [-0.3, -0.25) is 4.79 Å². The van der Waals surface area contributed by atoms with Crippen molar-refractivity contribution in [3.63, 3.8) is 0 Å². The molecule has 0 saturated carbocycles. The lowest BCUT2D eigenvalue weighted by Crippen LogP contribution is -2.34. The van der Waals surface area contributed by atoms with E-state index < -0.39 is 0 Å². The number of carbonyl (C=O) groups is 1. The van der Waals surface area contributed by atoms with Gasteiger partial charge in [-0.25, -0.2) is 0 Å². The molecule has 0 aromatic heterocycles. The normalized spacial score (nSPS) is 10.7. The number of amides is 1. The van der Waals surface area contributed by atoms with Crippen molar-refractivity contribution in [1.82, 2.24) is 10.2 Å². The summed E-state index contributed by atoms with van der Waals surface area (Å²) >= 11 is 0. The number of methoxy groups -OCH3 is 1. The molecular formula is C14H23N3O2. The summed E-state index contributed by atoms with van der Waals surface area (Å²) in [5, 5.41) is 2.87. The van der Waals surface area contributed by atoms with Gasteiger partial charge in [-0.05, 0) is 31.7 Å². The van der Waals surface area contributed by atoms with Crippen LogP contribution in [0.15, 0.2) is 18.2 Å². The van der Waals surface area contributed by atoms with Gasteiger partial charge in [0, 0.05) is 32.4 Å². The van der Waals surface area contributed by atoms with Gasteiger partial charge in [-0.1, -0.05) is 6.07 Å². The van der Waals surface area contributed by atoms with Crippen LogP contribution in [0.1, 0.15) is 15.9 Å². The molecular weight excluding hydrogens is 242 g/mol. The summed E-state index contributed by atoms with van der Waals surface area (Å²) in [4.78, 5) is 14.0. The molecule has 0 aliphatic rings. The van der Waals surface area contributed by atoms with E-state index in [2.05, 4.69) is 10.2 Å². The molecule has 0 aliphatic carbocycles. The predicted molar refractivity (Wildman–Crippen MR) is 77.3 cm³/mol. The minimum Gasteiger partial charge on any atom is -0.398 e. The van der Waals surface area contributed by atoms with Gasteiger partial charge < -0.3 is 20.7 Å². The monoisotopic (exact) mass is 265 g/mol. The summed E-state index contributed by atoms with van der Waals surface area (Å²) in [6, 6.07) is 5.45. The number of ether oxygens (including phenoxy) is 1. The number of aryl methyl sites for hydroxylation is 1. The van der Waals surface area contributed by atoms with Crippen LogP contribution in [0.4, 0.5) is 5.69 Å². The average Bonchev–Trinajstić information content (AvgIpc) is 2.36. The maximum Gasteiger partial charge on any atom is 0.253 e. The van der Waals surface area contributed by atoms with E-state index in [-0.39, 0.29) is 5.91 Å². The number of hydrogen-bond acceptors (Lipinski definition) is 4. The summed E-state index contributed by atoms with van der Waals surface area (Å²) in [7, 11) is 3.67. The second-order valence-corrected chi connectivity index (χ2v) is 4.64. The molecule has 1 amide bonds. The molecule has 0 spiro atoms. The molecule has 0 aliphatic heterocycles. The van der Waals surface area contributed by atoms with Gasteiger partial charge in [0.1, 0.15) is 0 Å². The molecule has 5 heteroatoms. The van der Waals surface area contributed by atoms with Crippen molar-refractivity contribution < 1.29 is 9.53 Å². The van der Waals surface area contributed by atoms with E-state index in [1.165, 1.54) is 0 Å². The number of nitrogens with one attached hydrogen (secondary N) is 1. The fourth-order valence-corrected chi connectivity index (χ4v) is 1.70. The Morgan fingerprint density at radius 3 is 2.79 bits per heavy atom. The van der Waals surface area contributed by atoms with Crippen molar-refractivity contribution in [2.75, 3.05) is 46.1 Å². The summed E-state index contributed by atoms with van der Waals surface area (Å²) in [5.74, 6) is -0.127. The Kier molecular flexibility index (Phi) is 6.32. The average molecular weight is 265 g/mol. The third-order valence-corrected chi connectivity index (χ3v) is 2.91. The standard InChI is InChI=1S/C14H23N3O2/c1-11-4-5-12(13(15)10-11)14(18)16-6-7-17(2)8-9-19-3/h4-5,10H,6-9,15H2,1-3H3,(H,16,18). The van der Waals surface area contributed by atoms with Crippen molar-refractivity contribution in [3.05, 3.63) is 29.3 Å². The van der Waals surface area contributed by atoms with Crippen LogP contribution in [0.25, 0.3) is 0 Å². The van der Waals surface area contributed by atoms with Crippen molar-refractivity contribution in [2.45, 2.75) is 6.92 Å². The van der Waals surface area contributed by atoms with Crippen LogP contribution < -0.4 is 11.1 Å². The van der Waals surface area contributed by atoms with Crippen molar-refractivity contribution in [1.29, 1.82) is 0 Å². The Labute approximate surface area is 114 Å². The van der Waals surface area contributed by atoms with Crippen molar-refractivity contribution in [3.8, 4) is 0 Å².